The lowest BCUT2D eigenvalue weighted by molar-refractivity contribution is -0.146. The summed E-state index contributed by atoms with van der Waals surface area (Å²) >= 11 is 0. The molecule has 0 spiro atoms. The summed E-state index contributed by atoms with van der Waals surface area (Å²) < 4.78 is 5.68. The van der Waals surface area contributed by atoms with Crippen LogP contribution >= 0.6 is 0 Å². The molecule has 0 amide bonds. The fourth-order valence-electron chi connectivity index (χ4n) is 2.38. The summed E-state index contributed by atoms with van der Waals surface area (Å²) in [4.78, 5) is 11.5. The Labute approximate surface area is 110 Å². The molecule has 0 saturated heterocycles. The maximum absolute atomic E-state index is 11.5. The van der Waals surface area contributed by atoms with Crippen LogP contribution in [0.3, 0.4) is 0 Å². The Hall–Kier alpha value is -0.610. The van der Waals surface area contributed by atoms with E-state index >= 15 is 0 Å². The molecule has 1 fully saturated rings. The Bertz CT molecular complexity index is 264. The van der Waals surface area contributed by atoms with Crippen LogP contribution in [0.2, 0.25) is 0 Å². The summed E-state index contributed by atoms with van der Waals surface area (Å²) in [5, 5.41) is 12.6. The summed E-state index contributed by atoms with van der Waals surface area (Å²) in [6.45, 7) is 6.58. The largest absolute Gasteiger partial charge is 0.480 e. The quantitative estimate of drug-likeness (QED) is 0.623. The van der Waals surface area contributed by atoms with Gasteiger partial charge in [0.15, 0.2) is 0 Å². The Balaban J connectivity index is 2.36. The van der Waals surface area contributed by atoms with Gasteiger partial charge in [-0.25, -0.2) is 0 Å². The van der Waals surface area contributed by atoms with E-state index in [1.54, 1.807) is 0 Å². The maximum atomic E-state index is 11.5. The average molecular weight is 257 g/mol. The normalized spacial score (nSPS) is 19.6. The lowest BCUT2D eigenvalue weighted by atomic mass is 9.89. The van der Waals surface area contributed by atoms with Gasteiger partial charge < -0.3 is 9.84 Å². The zero-order valence-corrected chi connectivity index (χ0v) is 11.9. The second-order valence-corrected chi connectivity index (χ2v) is 5.57. The minimum atomic E-state index is -0.795. The van der Waals surface area contributed by atoms with Gasteiger partial charge >= 0.3 is 5.97 Å². The number of rotatable bonds is 9. The number of carboxylic acids is 1. The van der Waals surface area contributed by atoms with Gasteiger partial charge in [0, 0.05) is 12.6 Å². The highest BCUT2D eigenvalue weighted by Crippen LogP contribution is 2.23. The fraction of sp³-hybridized carbons (Fsp3) is 0.929. The SMILES string of the molecule is CCC(CCCOC1CCC1)(NC(C)C)C(=O)O. The molecule has 2 N–H and O–H groups in total. The van der Waals surface area contributed by atoms with Crippen molar-refractivity contribution < 1.29 is 14.6 Å². The van der Waals surface area contributed by atoms with Crippen LogP contribution in [0.5, 0.6) is 0 Å². The van der Waals surface area contributed by atoms with E-state index in [9.17, 15) is 9.90 Å². The van der Waals surface area contributed by atoms with Gasteiger partial charge in [-0.05, 0) is 52.4 Å². The van der Waals surface area contributed by atoms with E-state index in [0.717, 1.165) is 6.42 Å². The molecule has 0 aromatic heterocycles. The number of carbonyl (C=O) groups is 1. The van der Waals surface area contributed by atoms with Crippen molar-refractivity contribution >= 4 is 5.97 Å². The van der Waals surface area contributed by atoms with Crippen molar-refractivity contribution in [2.75, 3.05) is 6.61 Å². The number of nitrogens with one attached hydrogen (secondary N) is 1. The lowest BCUT2D eigenvalue weighted by Crippen LogP contribution is -2.54. The zero-order valence-electron chi connectivity index (χ0n) is 11.9. The molecule has 1 atom stereocenters. The summed E-state index contributed by atoms with van der Waals surface area (Å²) in [6, 6.07) is 0.175. The van der Waals surface area contributed by atoms with Gasteiger partial charge in [-0.1, -0.05) is 6.92 Å². The van der Waals surface area contributed by atoms with Gasteiger partial charge in [0.25, 0.3) is 0 Å². The molecule has 0 radical (unpaired) electrons. The van der Waals surface area contributed by atoms with E-state index in [4.69, 9.17) is 4.74 Å². The van der Waals surface area contributed by atoms with Crippen LogP contribution in [0.4, 0.5) is 0 Å². The predicted molar refractivity (Wildman–Crippen MR) is 71.8 cm³/mol. The standard InChI is InChI=1S/C14H27NO3/c1-4-14(13(16)17,15-11(2)3)9-6-10-18-12-7-5-8-12/h11-12,15H,4-10H2,1-3H3,(H,16,17). The molecule has 0 aromatic rings. The van der Waals surface area contributed by atoms with Crippen LogP contribution in [0.1, 0.15) is 59.3 Å². The Morgan fingerprint density at radius 2 is 2.17 bits per heavy atom. The second-order valence-electron chi connectivity index (χ2n) is 5.57. The molecule has 0 bridgehead atoms. The molecule has 1 rings (SSSR count). The molecule has 1 unspecified atom stereocenters. The molecule has 4 nitrogen and oxygen atoms in total. The highest BCUT2D eigenvalue weighted by molar-refractivity contribution is 5.78. The van der Waals surface area contributed by atoms with Crippen molar-refractivity contribution in [3.8, 4) is 0 Å². The maximum Gasteiger partial charge on any atom is 0.323 e. The minimum Gasteiger partial charge on any atom is -0.480 e. The minimum absolute atomic E-state index is 0.175. The van der Waals surface area contributed by atoms with E-state index in [1.807, 2.05) is 20.8 Å². The van der Waals surface area contributed by atoms with Crippen LogP contribution < -0.4 is 5.32 Å². The van der Waals surface area contributed by atoms with Crippen LogP contribution in [0.15, 0.2) is 0 Å². The van der Waals surface area contributed by atoms with Crippen molar-refractivity contribution in [3.05, 3.63) is 0 Å². The first-order valence-electron chi connectivity index (χ1n) is 7.13. The molecule has 1 aliphatic rings. The molecular formula is C14H27NO3. The molecule has 0 heterocycles. The van der Waals surface area contributed by atoms with Crippen molar-refractivity contribution in [1.82, 2.24) is 5.32 Å². The lowest BCUT2D eigenvalue weighted by Gasteiger charge is -2.32. The second kappa shape index (κ2) is 7.10. The van der Waals surface area contributed by atoms with Crippen molar-refractivity contribution in [3.63, 3.8) is 0 Å². The molecule has 1 aliphatic carbocycles. The van der Waals surface area contributed by atoms with Crippen molar-refractivity contribution in [2.24, 2.45) is 0 Å². The molecule has 1 saturated carbocycles. The third-order valence-corrected chi connectivity index (χ3v) is 3.73. The first kappa shape index (κ1) is 15.4. The summed E-state index contributed by atoms with van der Waals surface area (Å²) in [5.41, 5.74) is -0.795. The van der Waals surface area contributed by atoms with Crippen LogP contribution in [-0.2, 0) is 9.53 Å². The molecule has 0 aromatic carbocycles. The topological polar surface area (TPSA) is 58.6 Å². The van der Waals surface area contributed by atoms with Crippen LogP contribution in [0.25, 0.3) is 0 Å². The number of ether oxygens (including phenoxy) is 1. The Morgan fingerprint density at radius 1 is 1.50 bits per heavy atom. The monoisotopic (exact) mass is 257 g/mol. The molecule has 0 aliphatic heterocycles. The van der Waals surface area contributed by atoms with Gasteiger partial charge in [0.2, 0.25) is 0 Å². The van der Waals surface area contributed by atoms with Gasteiger partial charge in [-0.3, -0.25) is 10.1 Å². The van der Waals surface area contributed by atoms with Gasteiger partial charge in [-0.2, -0.15) is 0 Å². The first-order chi connectivity index (χ1) is 8.50. The summed E-state index contributed by atoms with van der Waals surface area (Å²) in [6.07, 6.45) is 6.07. The zero-order chi connectivity index (χ0) is 13.6. The average Bonchev–Trinajstić information content (AvgIpc) is 2.23. The Kier molecular flexibility index (Phi) is 6.09. The molecule has 106 valence electrons. The highest BCUT2D eigenvalue weighted by Gasteiger charge is 2.36. The summed E-state index contributed by atoms with van der Waals surface area (Å²) in [5.74, 6) is -0.748. The molecular weight excluding hydrogens is 230 g/mol. The predicted octanol–water partition coefficient (Wildman–Crippen LogP) is 2.57. The van der Waals surface area contributed by atoms with E-state index < -0.39 is 11.5 Å². The van der Waals surface area contributed by atoms with E-state index in [-0.39, 0.29) is 6.04 Å². The summed E-state index contributed by atoms with van der Waals surface area (Å²) in [7, 11) is 0. The number of hydrogen-bond donors (Lipinski definition) is 2. The number of hydrogen-bond acceptors (Lipinski definition) is 3. The van der Waals surface area contributed by atoms with Crippen LogP contribution in [0, 0.1) is 0 Å². The van der Waals surface area contributed by atoms with Gasteiger partial charge in [-0.15, -0.1) is 0 Å². The van der Waals surface area contributed by atoms with E-state index in [2.05, 4.69) is 5.32 Å². The first-order valence-corrected chi connectivity index (χ1v) is 7.13. The van der Waals surface area contributed by atoms with E-state index in [0.29, 0.717) is 25.6 Å². The van der Waals surface area contributed by atoms with Crippen LogP contribution in [-0.4, -0.2) is 35.4 Å². The van der Waals surface area contributed by atoms with Crippen molar-refractivity contribution in [2.45, 2.75) is 77.0 Å². The Morgan fingerprint density at radius 3 is 2.56 bits per heavy atom. The van der Waals surface area contributed by atoms with Crippen molar-refractivity contribution in [1.29, 1.82) is 0 Å². The van der Waals surface area contributed by atoms with E-state index in [1.165, 1.54) is 19.3 Å². The number of carboxylic acid groups (broad SMARTS) is 1. The third-order valence-electron chi connectivity index (χ3n) is 3.73. The molecule has 4 heteroatoms. The fourth-order valence-corrected chi connectivity index (χ4v) is 2.38. The highest BCUT2D eigenvalue weighted by atomic mass is 16.5. The van der Waals surface area contributed by atoms with Gasteiger partial charge in [0.1, 0.15) is 5.54 Å². The van der Waals surface area contributed by atoms with Gasteiger partial charge in [0.05, 0.1) is 6.10 Å². The third kappa shape index (κ3) is 4.25. The molecule has 18 heavy (non-hydrogen) atoms. The smallest absolute Gasteiger partial charge is 0.323 e. The number of aliphatic carboxylic acids is 1.